The molecule has 0 heterocycles. The lowest BCUT2D eigenvalue weighted by molar-refractivity contribution is -0.132. The van der Waals surface area contributed by atoms with E-state index in [0.717, 1.165) is 6.08 Å². The number of hydrogen-bond donors (Lipinski definition) is 0. The molecule has 0 aromatic rings. The minimum atomic E-state index is -1.05. The van der Waals surface area contributed by atoms with Crippen molar-refractivity contribution in [2.24, 2.45) is 0 Å². The van der Waals surface area contributed by atoms with E-state index in [2.05, 4.69) is 6.58 Å². The molecule has 0 radical (unpaired) electrons. The van der Waals surface area contributed by atoms with Gasteiger partial charge in [0.25, 0.3) is 11.8 Å². The molecule has 120 valence electrons. The molecule has 0 rings (SSSR count). The van der Waals surface area contributed by atoms with E-state index in [9.17, 15) is 18.4 Å². The molecule has 1 unspecified atom stereocenters. The first-order valence-electron chi connectivity index (χ1n) is 6.91. The first-order chi connectivity index (χ1) is 9.63. The van der Waals surface area contributed by atoms with E-state index < -0.39 is 29.5 Å². The predicted octanol–water partition coefficient (Wildman–Crippen LogP) is 2.82. The lowest BCUT2D eigenvalue weighted by Gasteiger charge is -2.31. The standard InChI is InChI=1S/C15H24F2N2O2/c1-7-18(6)15(21)13(17)9-8-11(4)19(10(2)3)14(20)12(5)16/h9-11H,5,7-8H2,1-4,6H3/b13-9-. The maximum atomic E-state index is 13.7. The van der Waals surface area contributed by atoms with Crippen molar-refractivity contribution in [3.63, 3.8) is 0 Å². The summed E-state index contributed by atoms with van der Waals surface area (Å²) in [6.07, 6.45) is 1.25. The number of halogens is 2. The van der Waals surface area contributed by atoms with Crippen LogP contribution in [0.5, 0.6) is 0 Å². The molecular formula is C15H24F2N2O2. The number of likely N-dealkylation sites (N-methyl/N-ethyl adjacent to an activating group) is 1. The van der Waals surface area contributed by atoms with Crippen molar-refractivity contribution in [2.75, 3.05) is 13.6 Å². The van der Waals surface area contributed by atoms with Crippen LogP contribution in [0.3, 0.4) is 0 Å². The number of hydrogen-bond acceptors (Lipinski definition) is 2. The minimum absolute atomic E-state index is 0.117. The van der Waals surface area contributed by atoms with Crippen molar-refractivity contribution in [1.82, 2.24) is 9.80 Å². The number of carbonyl (C=O) groups excluding carboxylic acids is 2. The molecule has 0 N–H and O–H groups in total. The van der Waals surface area contributed by atoms with Crippen LogP contribution in [0.1, 0.15) is 34.1 Å². The Labute approximate surface area is 125 Å². The van der Waals surface area contributed by atoms with Crippen LogP contribution in [-0.2, 0) is 9.59 Å². The Morgan fingerprint density at radius 3 is 2.10 bits per heavy atom. The van der Waals surface area contributed by atoms with Crippen molar-refractivity contribution in [3.05, 3.63) is 24.3 Å². The third-order valence-electron chi connectivity index (χ3n) is 3.16. The van der Waals surface area contributed by atoms with Crippen molar-refractivity contribution in [2.45, 2.75) is 46.2 Å². The van der Waals surface area contributed by atoms with Crippen molar-refractivity contribution < 1.29 is 18.4 Å². The molecule has 0 fully saturated rings. The van der Waals surface area contributed by atoms with Crippen LogP contribution >= 0.6 is 0 Å². The number of amides is 2. The molecule has 0 aromatic heterocycles. The van der Waals surface area contributed by atoms with E-state index in [0.29, 0.717) is 6.54 Å². The Hall–Kier alpha value is -1.72. The second-order valence-corrected chi connectivity index (χ2v) is 5.17. The van der Waals surface area contributed by atoms with Crippen LogP contribution in [0.15, 0.2) is 24.3 Å². The molecule has 1 atom stereocenters. The number of rotatable bonds is 7. The van der Waals surface area contributed by atoms with Crippen LogP contribution in [0.25, 0.3) is 0 Å². The monoisotopic (exact) mass is 302 g/mol. The Balaban J connectivity index is 4.93. The molecule has 0 aliphatic heterocycles. The zero-order valence-electron chi connectivity index (χ0n) is 13.3. The third kappa shape index (κ3) is 5.65. The second-order valence-electron chi connectivity index (χ2n) is 5.17. The molecule has 0 aliphatic carbocycles. The lowest BCUT2D eigenvalue weighted by Crippen LogP contribution is -2.43. The molecule has 0 saturated heterocycles. The Morgan fingerprint density at radius 2 is 1.71 bits per heavy atom. The summed E-state index contributed by atoms with van der Waals surface area (Å²) < 4.78 is 26.7. The fraction of sp³-hybridized carbons (Fsp3) is 0.600. The molecule has 0 saturated carbocycles. The molecule has 4 nitrogen and oxygen atoms in total. The molecule has 6 heteroatoms. The highest BCUT2D eigenvalue weighted by Crippen LogP contribution is 2.15. The van der Waals surface area contributed by atoms with Gasteiger partial charge in [0, 0.05) is 25.7 Å². The van der Waals surface area contributed by atoms with Gasteiger partial charge in [0.2, 0.25) is 0 Å². The van der Waals surface area contributed by atoms with E-state index in [1.165, 1.54) is 16.8 Å². The lowest BCUT2D eigenvalue weighted by atomic mass is 10.1. The van der Waals surface area contributed by atoms with Gasteiger partial charge in [0.15, 0.2) is 11.7 Å². The first-order valence-corrected chi connectivity index (χ1v) is 6.91. The predicted molar refractivity (Wildman–Crippen MR) is 78.8 cm³/mol. The zero-order valence-corrected chi connectivity index (χ0v) is 13.3. The molecule has 21 heavy (non-hydrogen) atoms. The van der Waals surface area contributed by atoms with Crippen LogP contribution in [0, 0.1) is 0 Å². The largest absolute Gasteiger partial charge is 0.340 e. The Morgan fingerprint density at radius 1 is 1.19 bits per heavy atom. The summed E-state index contributed by atoms with van der Waals surface area (Å²) in [7, 11) is 1.50. The van der Waals surface area contributed by atoms with Gasteiger partial charge in [-0.15, -0.1) is 0 Å². The van der Waals surface area contributed by atoms with Gasteiger partial charge in [0.1, 0.15) is 0 Å². The van der Waals surface area contributed by atoms with Gasteiger partial charge >= 0.3 is 0 Å². The molecule has 2 amide bonds. The average molecular weight is 302 g/mol. The summed E-state index contributed by atoms with van der Waals surface area (Å²) in [5.74, 6) is -3.45. The smallest absolute Gasteiger partial charge is 0.282 e. The van der Waals surface area contributed by atoms with Crippen LogP contribution in [-0.4, -0.2) is 47.3 Å². The van der Waals surface area contributed by atoms with Crippen LogP contribution in [0.4, 0.5) is 8.78 Å². The fourth-order valence-electron chi connectivity index (χ4n) is 1.88. The summed E-state index contributed by atoms with van der Waals surface area (Å²) in [6.45, 7) is 10.2. The van der Waals surface area contributed by atoms with E-state index in [4.69, 9.17) is 0 Å². The summed E-state index contributed by atoms with van der Waals surface area (Å²) >= 11 is 0. The number of carbonyl (C=O) groups is 2. The molecule has 0 bridgehead atoms. The Bertz CT molecular complexity index is 433. The van der Waals surface area contributed by atoms with Gasteiger partial charge in [-0.05, 0) is 40.2 Å². The van der Waals surface area contributed by atoms with E-state index in [1.54, 1.807) is 27.7 Å². The van der Waals surface area contributed by atoms with E-state index in [1.807, 2.05) is 0 Å². The number of nitrogens with zero attached hydrogens (tertiary/aromatic N) is 2. The van der Waals surface area contributed by atoms with Gasteiger partial charge < -0.3 is 9.80 Å². The van der Waals surface area contributed by atoms with Gasteiger partial charge in [-0.3, -0.25) is 9.59 Å². The van der Waals surface area contributed by atoms with Crippen molar-refractivity contribution in [3.8, 4) is 0 Å². The first kappa shape index (κ1) is 19.3. The molecule has 0 aromatic carbocycles. The highest BCUT2D eigenvalue weighted by atomic mass is 19.1. The SMILES string of the molecule is C=C(F)C(=O)N(C(C)C)C(C)C/C=C(\F)C(=O)N(C)CC. The Kier molecular flexibility index (Phi) is 7.84. The summed E-state index contributed by atoms with van der Waals surface area (Å²) in [5.41, 5.74) is 0. The second kappa shape index (κ2) is 8.54. The minimum Gasteiger partial charge on any atom is -0.340 e. The summed E-state index contributed by atoms with van der Waals surface area (Å²) in [4.78, 5) is 25.8. The van der Waals surface area contributed by atoms with E-state index in [-0.39, 0.29) is 12.5 Å². The van der Waals surface area contributed by atoms with Crippen LogP contribution < -0.4 is 0 Å². The highest BCUT2D eigenvalue weighted by molar-refractivity contribution is 5.91. The normalized spacial score (nSPS) is 13.0. The fourth-order valence-corrected chi connectivity index (χ4v) is 1.88. The average Bonchev–Trinajstić information content (AvgIpc) is 2.42. The molecule has 0 aliphatic rings. The molecule has 0 spiro atoms. The highest BCUT2D eigenvalue weighted by Gasteiger charge is 2.25. The van der Waals surface area contributed by atoms with Crippen LogP contribution in [0.2, 0.25) is 0 Å². The van der Waals surface area contributed by atoms with E-state index >= 15 is 0 Å². The van der Waals surface area contributed by atoms with Gasteiger partial charge in [0.05, 0.1) is 0 Å². The molecular weight excluding hydrogens is 278 g/mol. The third-order valence-corrected chi connectivity index (χ3v) is 3.16. The summed E-state index contributed by atoms with van der Waals surface area (Å²) in [5, 5.41) is 0. The maximum Gasteiger partial charge on any atom is 0.282 e. The zero-order chi connectivity index (χ0) is 16.7. The van der Waals surface area contributed by atoms with Gasteiger partial charge in [-0.25, -0.2) is 8.78 Å². The van der Waals surface area contributed by atoms with Gasteiger partial charge in [-0.1, -0.05) is 6.58 Å². The van der Waals surface area contributed by atoms with Crippen molar-refractivity contribution >= 4 is 11.8 Å². The topological polar surface area (TPSA) is 40.6 Å². The van der Waals surface area contributed by atoms with Crippen molar-refractivity contribution in [1.29, 1.82) is 0 Å². The summed E-state index contributed by atoms with van der Waals surface area (Å²) in [6, 6.07) is -0.707. The van der Waals surface area contributed by atoms with Gasteiger partial charge in [-0.2, -0.15) is 0 Å². The quantitative estimate of drug-likeness (QED) is 0.679. The maximum absolute atomic E-state index is 13.7.